The molecule has 0 N–H and O–H groups in total. The monoisotopic (exact) mass is 370 g/mol. The molecule has 2 atom stereocenters. The first-order valence-corrected chi connectivity index (χ1v) is 11.0. The van der Waals surface area contributed by atoms with E-state index < -0.39 is 7.92 Å². The van der Waals surface area contributed by atoms with Crippen molar-refractivity contribution in [2.75, 3.05) is 28.2 Å². The van der Waals surface area contributed by atoms with E-state index in [1.807, 2.05) is 0 Å². The van der Waals surface area contributed by atoms with E-state index in [0.29, 0.717) is 17.7 Å². The van der Waals surface area contributed by atoms with Gasteiger partial charge in [0.25, 0.3) is 0 Å². The maximum Gasteiger partial charge on any atom is 0.0320 e. The van der Waals surface area contributed by atoms with Crippen LogP contribution < -0.4 is 10.6 Å². The zero-order valence-corrected chi connectivity index (χ0v) is 18.6. The molecule has 0 radical (unpaired) electrons. The van der Waals surface area contributed by atoms with Crippen LogP contribution in [0.4, 0.5) is 0 Å². The Labute approximate surface area is 162 Å². The van der Waals surface area contributed by atoms with Gasteiger partial charge in [-0.1, -0.05) is 62.4 Å². The molecule has 0 saturated carbocycles. The van der Waals surface area contributed by atoms with Crippen LogP contribution >= 0.6 is 7.92 Å². The van der Waals surface area contributed by atoms with Gasteiger partial charge < -0.3 is 9.80 Å². The number of hydrogen-bond acceptors (Lipinski definition) is 2. The number of nitrogens with zero attached hydrogens (tertiary/aromatic N) is 2. The first-order chi connectivity index (χ1) is 12.3. The lowest BCUT2D eigenvalue weighted by Crippen LogP contribution is -2.30. The molecule has 0 aliphatic carbocycles. The van der Waals surface area contributed by atoms with Crippen LogP contribution in [0.25, 0.3) is 0 Å². The lowest BCUT2D eigenvalue weighted by atomic mass is 10.1. The molecule has 0 heterocycles. The Morgan fingerprint density at radius 2 is 0.962 bits per heavy atom. The normalized spacial score (nSPS) is 14.5. The van der Waals surface area contributed by atoms with Gasteiger partial charge in [0.05, 0.1) is 0 Å². The molecule has 0 saturated heterocycles. The predicted molar refractivity (Wildman–Crippen MR) is 118 cm³/mol. The van der Waals surface area contributed by atoms with Crippen molar-refractivity contribution >= 4 is 18.5 Å². The fraction of sp³-hybridized carbons (Fsp3) is 0.478. The Morgan fingerprint density at radius 1 is 0.615 bits per heavy atom. The Balaban J connectivity index is 2.64. The highest BCUT2D eigenvalue weighted by Crippen LogP contribution is 2.43. The molecular formula is C23H35N2P. The van der Waals surface area contributed by atoms with Gasteiger partial charge in [0.1, 0.15) is 0 Å². The van der Waals surface area contributed by atoms with Gasteiger partial charge in [-0.15, -0.1) is 0 Å². The molecule has 2 aromatic carbocycles. The van der Waals surface area contributed by atoms with E-state index in [9.17, 15) is 0 Å². The van der Waals surface area contributed by atoms with Crippen molar-refractivity contribution in [2.45, 2.75) is 45.4 Å². The lowest BCUT2D eigenvalue weighted by molar-refractivity contribution is 0.322. The molecule has 0 aromatic heterocycles. The summed E-state index contributed by atoms with van der Waals surface area (Å²) in [6.45, 7) is 9.36. The van der Waals surface area contributed by atoms with Crippen LogP contribution in [0.15, 0.2) is 48.5 Å². The third kappa shape index (κ3) is 4.55. The van der Waals surface area contributed by atoms with Crippen molar-refractivity contribution in [2.24, 2.45) is 0 Å². The van der Waals surface area contributed by atoms with E-state index in [2.05, 4.69) is 114 Å². The van der Waals surface area contributed by atoms with Gasteiger partial charge in [0, 0.05) is 12.1 Å². The summed E-state index contributed by atoms with van der Waals surface area (Å²) >= 11 is 0. The summed E-state index contributed by atoms with van der Waals surface area (Å²) in [7, 11) is 8.25. The summed E-state index contributed by atoms with van der Waals surface area (Å²) in [5.74, 6) is 0. The maximum atomic E-state index is 2.37. The van der Waals surface area contributed by atoms with E-state index in [0.717, 1.165) is 0 Å². The molecular weight excluding hydrogens is 335 g/mol. The molecule has 142 valence electrons. The van der Waals surface area contributed by atoms with Gasteiger partial charge >= 0.3 is 0 Å². The summed E-state index contributed by atoms with van der Waals surface area (Å²) < 4.78 is 0. The molecule has 0 bridgehead atoms. The summed E-state index contributed by atoms with van der Waals surface area (Å²) in [5, 5.41) is 3.05. The van der Waals surface area contributed by atoms with Crippen molar-refractivity contribution in [1.29, 1.82) is 0 Å². The zero-order chi connectivity index (χ0) is 19.4. The summed E-state index contributed by atoms with van der Waals surface area (Å²) in [5.41, 5.74) is 3.52. The minimum Gasteiger partial charge on any atom is -0.303 e. The lowest BCUT2D eigenvalue weighted by Gasteiger charge is -2.32. The van der Waals surface area contributed by atoms with Crippen molar-refractivity contribution in [3.63, 3.8) is 0 Å². The van der Waals surface area contributed by atoms with Crippen LogP contribution in [0.1, 0.15) is 50.9 Å². The SMILES string of the molecule is CC(C)P(c1ccccc1[C@H](C)N(C)C)c1ccccc1[C@H](C)N(C)C. The quantitative estimate of drug-likeness (QED) is 0.648. The third-order valence-corrected chi connectivity index (χ3v) is 8.24. The molecule has 3 heteroatoms. The van der Waals surface area contributed by atoms with E-state index in [1.165, 1.54) is 21.7 Å². The smallest absolute Gasteiger partial charge is 0.0320 e. The zero-order valence-electron chi connectivity index (χ0n) is 17.7. The average Bonchev–Trinajstić information content (AvgIpc) is 2.61. The minimum atomic E-state index is -0.419. The molecule has 26 heavy (non-hydrogen) atoms. The van der Waals surface area contributed by atoms with Crippen LogP contribution in [-0.4, -0.2) is 43.6 Å². The molecule has 2 nitrogen and oxygen atoms in total. The second-order valence-corrected chi connectivity index (χ2v) is 10.6. The van der Waals surface area contributed by atoms with Crippen molar-refractivity contribution in [3.05, 3.63) is 59.7 Å². The molecule has 0 aliphatic heterocycles. The minimum absolute atomic E-state index is 0.411. The summed E-state index contributed by atoms with van der Waals surface area (Å²) in [6, 6.07) is 18.9. The molecule has 0 unspecified atom stereocenters. The number of hydrogen-bond donors (Lipinski definition) is 0. The Bertz CT molecular complexity index is 651. The van der Waals surface area contributed by atoms with Crippen molar-refractivity contribution < 1.29 is 0 Å². The van der Waals surface area contributed by atoms with Gasteiger partial charge in [-0.25, -0.2) is 0 Å². The topological polar surface area (TPSA) is 6.48 Å². The first-order valence-electron chi connectivity index (χ1n) is 9.55. The fourth-order valence-electron chi connectivity index (χ4n) is 3.36. The molecule has 0 amide bonds. The summed E-state index contributed by atoms with van der Waals surface area (Å²) in [4.78, 5) is 4.61. The van der Waals surface area contributed by atoms with Crippen LogP contribution in [0.5, 0.6) is 0 Å². The Kier molecular flexibility index (Phi) is 7.41. The Morgan fingerprint density at radius 3 is 1.27 bits per heavy atom. The van der Waals surface area contributed by atoms with Crippen molar-refractivity contribution in [3.8, 4) is 0 Å². The Hall–Kier alpha value is -1.21. The predicted octanol–water partition coefficient (Wildman–Crippen LogP) is 4.77. The van der Waals surface area contributed by atoms with Crippen molar-refractivity contribution in [1.82, 2.24) is 9.80 Å². The molecule has 2 rings (SSSR count). The van der Waals surface area contributed by atoms with Gasteiger partial charge in [-0.2, -0.15) is 0 Å². The van der Waals surface area contributed by atoms with E-state index in [1.54, 1.807) is 0 Å². The maximum absolute atomic E-state index is 2.37. The average molecular weight is 371 g/mol. The highest BCUT2D eigenvalue weighted by Gasteiger charge is 2.26. The second kappa shape index (κ2) is 9.13. The largest absolute Gasteiger partial charge is 0.303 e. The van der Waals surface area contributed by atoms with Gasteiger partial charge in [0.2, 0.25) is 0 Å². The first kappa shape index (κ1) is 21.1. The molecule has 0 aliphatic rings. The van der Waals surface area contributed by atoms with Crippen LogP contribution in [0.2, 0.25) is 0 Å². The second-order valence-electron chi connectivity index (χ2n) is 7.86. The highest BCUT2D eigenvalue weighted by molar-refractivity contribution is 7.73. The van der Waals surface area contributed by atoms with E-state index >= 15 is 0 Å². The highest BCUT2D eigenvalue weighted by atomic mass is 31.1. The van der Waals surface area contributed by atoms with Gasteiger partial charge in [-0.05, 0) is 77.4 Å². The fourth-order valence-corrected chi connectivity index (χ4v) is 6.31. The van der Waals surface area contributed by atoms with Crippen LogP contribution in [0.3, 0.4) is 0 Å². The van der Waals surface area contributed by atoms with Crippen LogP contribution in [-0.2, 0) is 0 Å². The van der Waals surface area contributed by atoms with Gasteiger partial charge in [-0.3, -0.25) is 0 Å². The van der Waals surface area contributed by atoms with Crippen LogP contribution in [0, 0.1) is 0 Å². The van der Waals surface area contributed by atoms with Gasteiger partial charge in [0.15, 0.2) is 0 Å². The standard InChI is InChI=1S/C23H35N2P/c1-17(2)26(22-15-11-9-13-20(22)18(3)24(5)6)23-16-12-10-14-21(23)19(4)25(7)8/h9-19H,1-8H3/t18-,19-/m0/s1. The number of benzene rings is 2. The molecule has 0 spiro atoms. The summed E-state index contributed by atoms with van der Waals surface area (Å²) in [6.07, 6.45) is 0. The molecule has 2 aromatic rings. The van der Waals surface area contributed by atoms with E-state index in [4.69, 9.17) is 0 Å². The third-order valence-electron chi connectivity index (χ3n) is 5.36. The van der Waals surface area contributed by atoms with E-state index in [-0.39, 0.29) is 0 Å². The molecule has 0 fully saturated rings. The number of rotatable bonds is 7.